The zero-order chi connectivity index (χ0) is 32.4. The molecular weight excluding hydrogens is 603 g/mol. The number of amides is 2. The second kappa shape index (κ2) is 11.3. The monoisotopic (exact) mass is 640 g/mol. The van der Waals surface area contributed by atoms with Crippen LogP contribution in [-0.2, 0) is 19.9 Å². The average molecular weight is 641 g/mol. The van der Waals surface area contributed by atoms with Gasteiger partial charge in [-0.05, 0) is 62.3 Å². The fourth-order valence-corrected chi connectivity index (χ4v) is 10.5. The molecule has 1 aromatic heterocycles. The molecule has 0 aliphatic carbocycles. The number of benzene rings is 3. The molecule has 11 heteroatoms. The van der Waals surface area contributed by atoms with Crippen molar-refractivity contribution in [2.24, 2.45) is 5.92 Å². The fourth-order valence-electron chi connectivity index (χ4n) is 8.04. The standard InChI is InChI=1S/C35H37FN4O5Si/c1-22-32(46(2,3)36)30(19-31(42)38-17-9-13-26(38)21-41)45-35(22)28-18-25(40-33(43)27-14-8-7-10-23(27)20-37-40)15-16-29(28)39(34(35)44)24-11-5-4-6-12-24/h4-8,10-12,14-16,18,20,22,26,30,32,41H,9,13,17,19,21H2,1-3H3/t22-,26-,30+,32-,35+/m0/s1. The summed E-state index contributed by atoms with van der Waals surface area (Å²) in [7, 11) is -3.53. The number of ether oxygens (including phenoxy) is 1. The van der Waals surface area contributed by atoms with Gasteiger partial charge in [0.1, 0.15) is 0 Å². The van der Waals surface area contributed by atoms with Crippen molar-refractivity contribution < 1.29 is 23.5 Å². The van der Waals surface area contributed by atoms with Crippen LogP contribution in [-0.4, -0.2) is 65.3 Å². The van der Waals surface area contributed by atoms with Crippen molar-refractivity contribution in [1.29, 1.82) is 0 Å². The van der Waals surface area contributed by atoms with E-state index in [1.54, 1.807) is 59.4 Å². The van der Waals surface area contributed by atoms with E-state index in [0.29, 0.717) is 46.4 Å². The van der Waals surface area contributed by atoms with Crippen LogP contribution in [0.25, 0.3) is 16.5 Å². The Kier molecular flexibility index (Phi) is 7.45. The van der Waals surface area contributed by atoms with Gasteiger partial charge in [0.05, 0.1) is 48.1 Å². The van der Waals surface area contributed by atoms with Crippen LogP contribution < -0.4 is 10.5 Å². The van der Waals surface area contributed by atoms with E-state index in [1.165, 1.54) is 4.68 Å². The number of anilines is 2. The van der Waals surface area contributed by atoms with Crippen LogP contribution in [0.2, 0.25) is 18.6 Å². The Hall–Kier alpha value is -4.19. The van der Waals surface area contributed by atoms with E-state index in [0.717, 1.165) is 6.42 Å². The van der Waals surface area contributed by atoms with Crippen LogP contribution in [0.3, 0.4) is 0 Å². The summed E-state index contributed by atoms with van der Waals surface area (Å²) >= 11 is 0. The lowest BCUT2D eigenvalue weighted by molar-refractivity contribution is -0.149. The third-order valence-electron chi connectivity index (χ3n) is 10.1. The summed E-state index contributed by atoms with van der Waals surface area (Å²) < 4.78 is 24.5. The Balaban J connectivity index is 1.38. The van der Waals surface area contributed by atoms with Gasteiger partial charge in [0.25, 0.3) is 11.5 Å². The molecule has 3 aliphatic rings. The van der Waals surface area contributed by atoms with Crippen LogP contribution in [0.5, 0.6) is 0 Å². The molecule has 0 bridgehead atoms. The number of hydrogen-bond acceptors (Lipinski definition) is 6. The van der Waals surface area contributed by atoms with Crippen LogP contribution in [0.1, 0.15) is 31.7 Å². The second-order valence-corrected chi connectivity index (χ2v) is 17.0. The fraction of sp³-hybridized carbons (Fsp3) is 0.371. The number of fused-ring (bicyclic) bond motifs is 3. The van der Waals surface area contributed by atoms with Crippen LogP contribution in [0.15, 0.2) is 83.8 Å². The number of aliphatic hydroxyl groups is 1. The average Bonchev–Trinajstić information content (AvgIpc) is 3.71. The summed E-state index contributed by atoms with van der Waals surface area (Å²) in [6, 6.07) is 21.4. The SMILES string of the molecule is C[C@H]1[C@H]([Si](C)(C)F)[C@@H](CC(=O)N2CCC[C@H]2CO)O[C@]12C(=O)N(c1ccccc1)c1ccc(-n3ncc4ccccc4c3=O)cc12. The Morgan fingerprint density at radius 3 is 2.54 bits per heavy atom. The van der Waals surface area contributed by atoms with Gasteiger partial charge < -0.3 is 18.9 Å². The van der Waals surface area contributed by atoms with Gasteiger partial charge in [-0.1, -0.05) is 43.3 Å². The van der Waals surface area contributed by atoms with Crippen LogP contribution in [0, 0.1) is 5.92 Å². The summed E-state index contributed by atoms with van der Waals surface area (Å²) in [6.45, 7) is 5.45. The lowest BCUT2D eigenvalue weighted by atomic mass is 9.82. The maximum absolute atomic E-state index is 16.4. The number of nitrogens with zero attached hydrogens (tertiary/aromatic N) is 4. The van der Waals surface area contributed by atoms with Crippen molar-refractivity contribution in [1.82, 2.24) is 14.7 Å². The Morgan fingerprint density at radius 2 is 1.80 bits per heavy atom. The van der Waals surface area contributed by atoms with Gasteiger partial charge in [-0.25, -0.2) is 0 Å². The highest BCUT2D eigenvalue weighted by Gasteiger charge is 2.67. The number of halogens is 1. The summed E-state index contributed by atoms with van der Waals surface area (Å²) in [6.07, 6.45) is 2.18. The first-order valence-corrected chi connectivity index (χ1v) is 18.8. The van der Waals surface area contributed by atoms with Gasteiger partial charge in [-0.2, -0.15) is 9.78 Å². The summed E-state index contributed by atoms with van der Waals surface area (Å²) in [5.74, 6) is -1.19. The van der Waals surface area contributed by atoms with Gasteiger partial charge in [0.2, 0.25) is 14.3 Å². The lowest BCUT2D eigenvalue weighted by Gasteiger charge is -2.31. The molecule has 9 nitrogen and oxygen atoms in total. The number of para-hydroxylation sites is 1. The third kappa shape index (κ3) is 4.63. The molecule has 46 heavy (non-hydrogen) atoms. The molecule has 3 aromatic carbocycles. The molecule has 2 fully saturated rings. The minimum Gasteiger partial charge on any atom is -0.394 e. The zero-order valence-corrected chi connectivity index (χ0v) is 27.1. The number of hydrogen-bond donors (Lipinski definition) is 1. The van der Waals surface area contributed by atoms with Crippen molar-refractivity contribution >= 4 is 42.4 Å². The minimum absolute atomic E-state index is 0.0903. The van der Waals surface area contributed by atoms with E-state index in [-0.39, 0.29) is 36.4 Å². The molecular formula is C35H37FN4O5Si. The number of carbonyl (C=O) groups is 2. The number of carbonyl (C=O) groups excluding carboxylic acids is 2. The van der Waals surface area contributed by atoms with E-state index in [1.807, 2.05) is 49.4 Å². The highest BCUT2D eigenvalue weighted by molar-refractivity contribution is 6.72. The van der Waals surface area contributed by atoms with Crippen molar-refractivity contribution in [3.63, 3.8) is 0 Å². The molecule has 3 aliphatic heterocycles. The van der Waals surface area contributed by atoms with Crippen molar-refractivity contribution in [3.8, 4) is 5.69 Å². The van der Waals surface area contributed by atoms with E-state index in [9.17, 15) is 19.5 Å². The first-order valence-electron chi connectivity index (χ1n) is 15.8. The predicted molar refractivity (Wildman–Crippen MR) is 175 cm³/mol. The Bertz CT molecular complexity index is 1900. The smallest absolute Gasteiger partial charge is 0.279 e. The molecule has 238 valence electrons. The van der Waals surface area contributed by atoms with Gasteiger partial charge >= 0.3 is 0 Å². The molecule has 4 heterocycles. The molecule has 0 radical (unpaired) electrons. The number of rotatable bonds is 6. The molecule has 7 rings (SSSR count). The van der Waals surface area contributed by atoms with Gasteiger partial charge in [-0.15, -0.1) is 0 Å². The molecule has 1 spiro atoms. The molecule has 5 atom stereocenters. The molecule has 2 saturated heterocycles. The summed E-state index contributed by atoms with van der Waals surface area (Å²) in [5, 5.41) is 15.5. The highest BCUT2D eigenvalue weighted by Crippen LogP contribution is 2.61. The van der Waals surface area contributed by atoms with Crippen molar-refractivity contribution in [3.05, 3.63) is 94.9 Å². The van der Waals surface area contributed by atoms with Crippen molar-refractivity contribution in [2.45, 2.75) is 62.6 Å². The molecule has 0 saturated carbocycles. The maximum Gasteiger partial charge on any atom is 0.279 e. The number of aromatic nitrogens is 2. The second-order valence-electron chi connectivity index (χ2n) is 13.2. The first kappa shape index (κ1) is 30.5. The van der Waals surface area contributed by atoms with E-state index in [2.05, 4.69) is 5.10 Å². The first-order chi connectivity index (χ1) is 22.1. The van der Waals surface area contributed by atoms with Crippen LogP contribution >= 0.6 is 0 Å². The topological polar surface area (TPSA) is 105 Å². The normalized spacial score (nSPS) is 26.0. The Labute approximate surface area is 267 Å². The predicted octanol–water partition coefficient (Wildman–Crippen LogP) is 5.21. The lowest BCUT2D eigenvalue weighted by Crippen LogP contribution is -2.44. The van der Waals surface area contributed by atoms with Gasteiger partial charge in [-0.3, -0.25) is 19.3 Å². The molecule has 2 amide bonds. The quantitative estimate of drug-likeness (QED) is 0.229. The van der Waals surface area contributed by atoms with Crippen LogP contribution in [0.4, 0.5) is 15.5 Å². The minimum atomic E-state index is -3.53. The number of aliphatic hydroxyl groups excluding tert-OH is 1. The highest BCUT2D eigenvalue weighted by atomic mass is 28.4. The van der Waals surface area contributed by atoms with Crippen molar-refractivity contribution in [2.75, 3.05) is 18.1 Å². The van der Waals surface area contributed by atoms with Gasteiger partial charge in [0.15, 0.2) is 5.60 Å². The summed E-state index contributed by atoms with van der Waals surface area (Å²) in [4.78, 5) is 45.3. The maximum atomic E-state index is 16.4. The number of likely N-dealkylation sites (tertiary alicyclic amines) is 1. The zero-order valence-electron chi connectivity index (χ0n) is 26.1. The molecule has 1 N–H and O–H groups in total. The molecule has 0 unspecified atom stereocenters. The van der Waals surface area contributed by atoms with E-state index in [4.69, 9.17) is 4.74 Å². The van der Waals surface area contributed by atoms with Gasteiger partial charge in [0, 0.05) is 34.6 Å². The molecule has 4 aromatic rings. The van der Waals surface area contributed by atoms with E-state index >= 15 is 4.11 Å². The summed E-state index contributed by atoms with van der Waals surface area (Å²) in [5.41, 5.74) is -0.419. The third-order valence-corrected chi connectivity index (χ3v) is 12.5. The Morgan fingerprint density at radius 1 is 1.07 bits per heavy atom. The van der Waals surface area contributed by atoms with E-state index < -0.39 is 31.6 Å². The largest absolute Gasteiger partial charge is 0.394 e.